The number of pyridine rings is 1. The summed E-state index contributed by atoms with van der Waals surface area (Å²) in [6.07, 6.45) is 4.73. The van der Waals surface area contributed by atoms with Gasteiger partial charge in [0.15, 0.2) is 0 Å². The molecule has 0 radical (unpaired) electrons. The Morgan fingerprint density at radius 3 is 3.06 bits per heavy atom. The lowest BCUT2D eigenvalue weighted by molar-refractivity contribution is 0.0950. The summed E-state index contributed by atoms with van der Waals surface area (Å²) in [6, 6.07) is 1.62. The summed E-state index contributed by atoms with van der Waals surface area (Å²) < 4.78 is 0.702. The zero-order chi connectivity index (χ0) is 12.3. The Morgan fingerprint density at radius 1 is 1.53 bits per heavy atom. The Kier molecular flexibility index (Phi) is 3.75. The van der Waals surface area contributed by atoms with Crippen molar-refractivity contribution < 1.29 is 4.79 Å². The number of amides is 1. The molecule has 0 aromatic carbocycles. The van der Waals surface area contributed by atoms with Gasteiger partial charge in [0, 0.05) is 16.9 Å². The fourth-order valence-corrected chi connectivity index (χ4v) is 1.75. The monoisotopic (exact) mass is 314 g/mol. The third kappa shape index (κ3) is 3.04. The van der Waals surface area contributed by atoms with Crippen LogP contribution in [0.2, 0.25) is 5.15 Å². The van der Waals surface area contributed by atoms with E-state index in [1.165, 1.54) is 6.20 Å². The van der Waals surface area contributed by atoms with Crippen molar-refractivity contribution >= 4 is 33.4 Å². The van der Waals surface area contributed by atoms with Crippen molar-refractivity contribution in [1.82, 2.24) is 20.3 Å². The molecule has 0 unspecified atom stereocenters. The second-order valence-electron chi connectivity index (χ2n) is 3.25. The van der Waals surface area contributed by atoms with E-state index in [0.717, 1.165) is 5.69 Å². The van der Waals surface area contributed by atoms with E-state index in [9.17, 15) is 4.79 Å². The number of carbonyl (C=O) groups is 1. The summed E-state index contributed by atoms with van der Waals surface area (Å²) in [6.45, 7) is 0.363. The van der Waals surface area contributed by atoms with Crippen LogP contribution < -0.4 is 5.32 Å². The van der Waals surface area contributed by atoms with Gasteiger partial charge in [0.1, 0.15) is 5.15 Å². The van der Waals surface area contributed by atoms with Crippen molar-refractivity contribution in [3.63, 3.8) is 0 Å². The number of rotatable bonds is 3. The largest absolute Gasteiger partial charge is 0.347 e. The number of aromatic nitrogens is 3. The van der Waals surface area contributed by atoms with Crippen molar-refractivity contribution in [2.75, 3.05) is 0 Å². The third-order valence-corrected chi connectivity index (χ3v) is 2.78. The van der Waals surface area contributed by atoms with Gasteiger partial charge in [0.2, 0.25) is 0 Å². The highest BCUT2D eigenvalue weighted by molar-refractivity contribution is 9.10. The first-order chi connectivity index (χ1) is 8.16. The maximum atomic E-state index is 11.8. The van der Waals surface area contributed by atoms with Crippen molar-refractivity contribution in [1.29, 1.82) is 0 Å². The summed E-state index contributed by atoms with van der Waals surface area (Å²) in [5.41, 5.74) is 1.15. The molecule has 2 heterocycles. The zero-order valence-corrected chi connectivity index (χ0v) is 10.9. The SMILES string of the molecule is O=C(NCc1cnc[nH]1)c1cc(Br)cnc1Cl. The highest BCUT2D eigenvalue weighted by Crippen LogP contribution is 2.17. The van der Waals surface area contributed by atoms with Crippen LogP contribution in [-0.4, -0.2) is 20.9 Å². The molecule has 1 amide bonds. The lowest BCUT2D eigenvalue weighted by atomic mass is 10.2. The first kappa shape index (κ1) is 12.1. The summed E-state index contributed by atoms with van der Waals surface area (Å²) in [7, 11) is 0. The highest BCUT2D eigenvalue weighted by Gasteiger charge is 2.11. The van der Waals surface area contributed by atoms with Crippen molar-refractivity contribution in [3.05, 3.63) is 45.7 Å². The molecule has 2 rings (SSSR count). The summed E-state index contributed by atoms with van der Waals surface area (Å²) >= 11 is 9.08. The second-order valence-corrected chi connectivity index (χ2v) is 4.53. The zero-order valence-electron chi connectivity index (χ0n) is 8.58. The van der Waals surface area contributed by atoms with Gasteiger partial charge in [-0.05, 0) is 22.0 Å². The predicted octanol–water partition coefficient (Wildman–Crippen LogP) is 2.15. The first-order valence-electron chi connectivity index (χ1n) is 4.73. The van der Waals surface area contributed by atoms with Crippen LogP contribution in [0.4, 0.5) is 0 Å². The number of H-pyrrole nitrogens is 1. The third-order valence-electron chi connectivity index (χ3n) is 2.04. The molecule has 0 spiro atoms. The molecule has 0 saturated carbocycles. The number of hydrogen-bond acceptors (Lipinski definition) is 3. The van der Waals surface area contributed by atoms with Gasteiger partial charge >= 0.3 is 0 Å². The molecule has 0 aliphatic heterocycles. The van der Waals surface area contributed by atoms with Crippen LogP contribution in [-0.2, 0) is 6.54 Å². The van der Waals surface area contributed by atoms with Crippen molar-refractivity contribution in [3.8, 4) is 0 Å². The molecule has 2 aromatic heterocycles. The van der Waals surface area contributed by atoms with Crippen LogP contribution in [0.15, 0.2) is 29.3 Å². The topological polar surface area (TPSA) is 70.7 Å². The van der Waals surface area contributed by atoms with Crippen LogP contribution in [0.5, 0.6) is 0 Å². The minimum atomic E-state index is -0.279. The molecular formula is C10H8BrClN4O. The van der Waals surface area contributed by atoms with Crippen LogP contribution in [0.1, 0.15) is 16.1 Å². The van der Waals surface area contributed by atoms with E-state index in [1.54, 1.807) is 18.6 Å². The summed E-state index contributed by atoms with van der Waals surface area (Å²) in [5.74, 6) is -0.279. The van der Waals surface area contributed by atoms with Gasteiger partial charge in [0.05, 0.1) is 24.1 Å². The van der Waals surface area contributed by atoms with E-state index in [4.69, 9.17) is 11.6 Å². The van der Waals surface area contributed by atoms with Gasteiger partial charge in [-0.15, -0.1) is 0 Å². The highest BCUT2D eigenvalue weighted by atomic mass is 79.9. The number of nitrogens with one attached hydrogen (secondary N) is 2. The van der Waals surface area contributed by atoms with Gasteiger partial charge in [-0.1, -0.05) is 11.6 Å². The Balaban J connectivity index is 2.07. The van der Waals surface area contributed by atoms with Gasteiger partial charge < -0.3 is 10.3 Å². The average Bonchev–Trinajstić information content (AvgIpc) is 2.82. The lowest BCUT2D eigenvalue weighted by Gasteiger charge is -2.05. The van der Waals surface area contributed by atoms with Crippen LogP contribution in [0.25, 0.3) is 0 Å². The molecule has 0 aliphatic rings. The molecule has 17 heavy (non-hydrogen) atoms. The van der Waals surface area contributed by atoms with Crippen molar-refractivity contribution in [2.24, 2.45) is 0 Å². The van der Waals surface area contributed by atoms with Crippen LogP contribution in [0, 0.1) is 0 Å². The first-order valence-corrected chi connectivity index (χ1v) is 5.90. The standard InChI is InChI=1S/C10H8BrClN4O/c11-6-1-8(9(12)14-2-6)10(17)15-4-7-3-13-5-16-7/h1-3,5H,4H2,(H,13,16)(H,15,17). The Hall–Kier alpha value is -1.40. The van der Waals surface area contributed by atoms with Gasteiger partial charge in [0.25, 0.3) is 5.91 Å². The number of hydrogen-bond donors (Lipinski definition) is 2. The van der Waals surface area contributed by atoms with Crippen molar-refractivity contribution in [2.45, 2.75) is 6.54 Å². The van der Waals surface area contributed by atoms with Gasteiger partial charge in [-0.2, -0.15) is 0 Å². The van der Waals surface area contributed by atoms with E-state index in [2.05, 4.69) is 36.2 Å². The molecule has 5 nitrogen and oxygen atoms in total. The molecule has 0 fully saturated rings. The second kappa shape index (κ2) is 5.29. The minimum absolute atomic E-state index is 0.176. The smallest absolute Gasteiger partial charge is 0.254 e. The molecule has 0 atom stereocenters. The summed E-state index contributed by atoms with van der Waals surface area (Å²) in [4.78, 5) is 22.4. The fraction of sp³-hybridized carbons (Fsp3) is 0.100. The van der Waals surface area contributed by atoms with E-state index in [0.29, 0.717) is 16.6 Å². The molecule has 2 aromatic rings. The average molecular weight is 316 g/mol. The van der Waals surface area contributed by atoms with Gasteiger partial charge in [-0.25, -0.2) is 9.97 Å². The maximum Gasteiger partial charge on any atom is 0.254 e. The molecule has 7 heteroatoms. The van der Waals surface area contributed by atoms with E-state index >= 15 is 0 Å². The molecule has 88 valence electrons. The van der Waals surface area contributed by atoms with Gasteiger partial charge in [-0.3, -0.25) is 4.79 Å². The molecule has 0 saturated heterocycles. The van der Waals surface area contributed by atoms with E-state index in [1.807, 2.05) is 0 Å². The number of carbonyl (C=O) groups excluding carboxylic acids is 1. The van der Waals surface area contributed by atoms with Crippen LogP contribution >= 0.6 is 27.5 Å². The molecule has 2 N–H and O–H groups in total. The molecule has 0 bridgehead atoms. The Labute approximate surface area is 111 Å². The number of aromatic amines is 1. The maximum absolute atomic E-state index is 11.8. The number of halogens is 2. The normalized spacial score (nSPS) is 10.2. The quantitative estimate of drug-likeness (QED) is 0.853. The van der Waals surface area contributed by atoms with E-state index < -0.39 is 0 Å². The minimum Gasteiger partial charge on any atom is -0.347 e. The molecule has 0 aliphatic carbocycles. The van der Waals surface area contributed by atoms with E-state index in [-0.39, 0.29) is 11.1 Å². The van der Waals surface area contributed by atoms with Crippen LogP contribution in [0.3, 0.4) is 0 Å². The Morgan fingerprint density at radius 2 is 2.35 bits per heavy atom. The number of nitrogens with zero attached hydrogens (tertiary/aromatic N) is 2. The lowest BCUT2D eigenvalue weighted by Crippen LogP contribution is -2.23. The fourth-order valence-electron chi connectivity index (χ4n) is 1.23. The predicted molar refractivity (Wildman–Crippen MR) is 66.7 cm³/mol. The summed E-state index contributed by atoms with van der Waals surface area (Å²) in [5, 5.41) is 2.89. The Bertz CT molecular complexity index is 529. The number of imidazole rings is 1. The molecular weight excluding hydrogens is 307 g/mol.